The fourth-order valence-corrected chi connectivity index (χ4v) is 1.35. The molecule has 1 aliphatic carbocycles. The number of aliphatic hydroxyl groups excluding tert-OH is 1. The molecule has 2 atom stereocenters. The first-order valence-corrected chi connectivity index (χ1v) is 3.90. The summed E-state index contributed by atoms with van der Waals surface area (Å²) in [7, 11) is 0. The van der Waals surface area contributed by atoms with E-state index in [4.69, 9.17) is 5.11 Å². The van der Waals surface area contributed by atoms with Gasteiger partial charge in [0.2, 0.25) is 11.6 Å². The molecule has 0 radical (unpaired) electrons. The molecule has 0 spiro atoms. The number of carbonyl (C=O) groups is 3. The quantitative estimate of drug-likeness (QED) is 0.566. The third kappa shape index (κ3) is 1.18. The van der Waals surface area contributed by atoms with Gasteiger partial charge in [0.25, 0.3) is 5.78 Å². The lowest BCUT2D eigenvalue weighted by atomic mass is 9.99. The van der Waals surface area contributed by atoms with Crippen LogP contribution in [0.2, 0.25) is 0 Å². The summed E-state index contributed by atoms with van der Waals surface area (Å²) in [5, 5.41) is 9.14. The highest BCUT2D eigenvalue weighted by atomic mass is 16.3. The molecular weight excluding hydrogens is 160 g/mol. The van der Waals surface area contributed by atoms with Crippen molar-refractivity contribution >= 4 is 17.3 Å². The molecule has 1 saturated carbocycles. The summed E-state index contributed by atoms with van der Waals surface area (Å²) in [6, 6.07) is 0. The number of rotatable bonds is 2. The Labute approximate surface area is 69.6 Å². The van der Waals surface area contributed by atoms with Gasteiger partial charge in [0.05, 0.1) is 5.92 Å². The summed E-state index contributed by atoms with van der Waals surface area (Å²) in [5.74, 6) is -3.50. The van der Waals surface area contributed by atoms with Crippen molar-refractivity contribution in [1.82, 2.24) is 0 Å². The number of hydrogen-bond acceptors (Lipinski definition) is 4. The second kappa shape index (κ2) is 3.15. The summed E-state index contributed by atoms with van der Waals surface area (Å²) in [4.78, 5) is 32.5. The first-order valence-electron chi connectivity index (χ1n) is 3.90. The highest BCUT2D eigenvalue weighted by Crippen LogP contribution is 2.21. The molecule has 1 rings (SSSR count). The van der Waals surface area contributed by atoms with Gasteiger partial charge in [-0.1, -0.05) is 13.3 Å². The molecule has 0 aromatic carbocycles. The highest BCUT2D eigenvalue weighted by Gasteiger charge is 2.47. The Hall–Kier alpha value is -1.03. The van der Waals surface area contributed by atoms with Crippen LogP contribution in [0, 0.1) is 5.92 Å². The molecule has 1 N–H and O–H groups in total. The van der Waals surface area contributed by atoms with E-state index in [9.17, 15) is 14.4 Å². The van der Waals surface area contributed by atoms with E-state index in [0.717, 1.165) is 0 Å². The van der Waals surface area contributed by atoms with Crippen molar-refractivity contribution in [1.29, 1.82) is 0 Å². The lowest BCUT2D eigenvalue weighted by Gasteiger charge is -2.07. The maximum Gasteiger partial charge on any atom is 0.267 e. The van der Waals surface area contributed by atoms with Crippen LogP contribution >= 0.6 is 0 Å². The topological polar surface area (TPSA) is 71.4 Å². The van der Waals surface area contributed by atoms with E-state index < -0.39 is 29.4 Å². The van der Waals surface area contributed by atoms with Gasteiger partial charge >= 0.3 is 0 Å². The number of Topliss-reactive ketones (excluding diaryl/α,β-unsaturated/α-hetero) is 3. The molecule has 2 unspecified atom stereocenters. The molecule has 0 amide bonds. The summed E-state index contributed by atoms with van der Waals surface area (Å²) < 4.78 is 0. The van der Waals surface area contributed by atoms with Gasteiger partial charge in [0, 0.05) is 0 Å². The van der Waals surface area contributed by atoms with Gasteiger partial charge < -0.3 is 5.11 Å². The second-order valence-corrected chi connectivity index (χ2v) is 2.90. The van der Waals surface area contributed by atoms with Gasteiger partial charge in [-0.2, -0.15) is 0 Å². The Kier molecular flexibility index (Phi) is 2.38. The minimum absolute atomic E-state index is 0.400. The third-order valence-electron chi connectivity index (χ3n) is 2.03. The zero-order chi connectivity index (χ0) is 9.30. The molecule has 1 aliphatic rings. The number of hydrogen-bond donors (Lipinski definition) is 1. The second-order valence-electron chi connectivity index (χ2n) is 2.90. The summed E-state index contributed by atoms with van der Waals surface area (Å²) in [6.07, 6.45) is -0.309. The number of carbonyl (C=O) groups excluding carboxylic acids is 3. The normalized spacial score (nSPS) is 30.0. The summed E-state index contributed by atoms with van der Waals surface area (Å²) >= 11 is 0. The average molecular weight is 170 g/mol. The smallest absolute Gasteiger partial charge is 0.267 e. The molecule has 0 aromatic rings. The molecular formula is C8H10O4. The molecule has 0 aromatic heterocycles. The largest absolute Gasteiger partial charge is 0.384 e. The van der Waals surface area contributed by atoms with E-state index in [0.29, 0.717) is 12.8 Å². The molecule has 0 aliphatic heterocycles. The lowest BCUT2D eigenvalue weighted by Crippen LogP contribution is -2.23. The Balaban J connectivity index is 2.83. The van der Waals surface area contributed by atoms with Crippen LogP contribution in [-0.4, -0.2) is 28.6 Å². The Morgan fingerprint density at radius 1 is 1.25 bits per heavy atom. The summed E-state index contributed by atoms with van der Waals surface area (Å²) in [5.41, 5.74) is 0. The first kappa shape index (κ1) is 9.06. The van der Waals surface area contributed by atoms with Crippen LogP contribution in [0.25, 0.3) is 0 Å². The van der Waals surface area contributed by atoms with Gasteiger partial charge in [-0.05, 0) is 6.42 Å². The first-order chi connectivity index (χ1) is 5.59. The van der Waals surface area contributed by atoms with Crippen LogP contribution in [0.3, 0.4) is 0 Å². The Morgan fingerprint density at radius 2 is 1.83 bits per heavy atom. The fourth-order valence-electron chi connectivity index (χ4n) is 1.35. The van der Waals surface area contributed by atoms with Crippen LogP contribution in [0.1, 0.15) is 19.8 Å². The summed E-state index contributed by atoms with van der Waals surface area (Å²) in [6.45, 7) is 1.83. The third-order valence-corrected chi connectivity index (χ3v) is 2.03. The standard InChI is InChI=1S/C8H10O4/c1-2-3-4-5(9)7(11)8(12)6(4)10/h4-5,9H,2-3H2,1H3. The van der Waals surface area contributed by atoms with Gasteiger partial charge in [0.1, 0.15) is 6.10 Å². The molecule has 1 fully saturated rings. The molecule has 0 bridgehead atoms. The van der Waals surface area contributed by atoms with E-state index in [2.05, 4.69) is 0 Å². The maximum atomic E-state index is 11.0. The minimum atomic E-state index is -1.38. The SMILES string of the molecule is CCCC1C(=O)C(=O)C(=O)C1O. The number of ketones is 3. The highest BCUT2D eigenvalue weighted by molar-refractivity contribution is 6.68. The molecule has 12 heavy (non-hydrogen) atoms. The van der Waals surface area contributed by atoms with Crippen LogP contribution in [0.4, 0.5) is 0 Å². The van der Waals surface area contributed by atoms with E-state index in [1.165, 1.54) is 0 Å². The Morgan fingerprint density at radius 3 is 2.17 bits per heavy atom. The monoisotopic (exact) mass is 170 g/mol. The van der Waals surface area contributed by atoms with Crippen molar-refractivity contribution in [3.05, 3.63) is 0 Å². The molecule has 0 heterocycles. The van der Waals surface area contributed by atoms with Crippen LogP contribution in [-0.2, 0) is 14.4 Å². The van der Waals surface area contributed by atoms with Crippen LogP contribution in [0.5, 0.6) is 0 Å². The van der Waals surface area contributed by atoms with Crippen molar-refractivity contribution in [2.24, 2.45) is 5.92 Å². The Bertz CT molecular complexity index is 243. The predicted octanol–water partition coefficient (Wildman–Crippen LogP) is -0.516. The van der Waals surface area contributed by atoms with Crippen molar-refractivity contribution in [3.8, 4) is 0 Å². The van der Waals surface area contributed by atoms with Gasteiger partial charge in [0.15, 0.2) is 0 Å². The van der Waals surface area contributed by atoms with E-state index in [1.54, 1.807) is 0 Å². The average Bonchev–Trinajstić information content (AvgIpc) is 2.23. The number of aliphatic hydroxyl groups is 1. The molecule has 66 valence electrons. The molecule has 4 nitrogen and oxygen atoms in total. The van der Waals surface area contributed by atoms with Crippen molar-refractivity contribution in [3.63, 3.8) is 0 Å². The molecule has 0 saturated heterocycles. The fraction of sp³-hybridized carbons (Fsp3) is 0.625. The zero-order valence-electron chi connectivity index (χ0n) is 6.74. The van der Waals surface area contributed by atoms with Gasteiger partial charge in [-0.15, -0.1) is 0 Å². The van der Waals surface area contributed by atoms with Gasteiger partial charge in [-0.3, -0.25) is 14.4 Å². The van der Waals surface area contributed by atoms with Crippen molar-refractivity contribution in [2.75, 3.05) is 0 Å². The van der Waals surface area contributed by atoms with E-state index in [1.807, 2.05) is 6.92 Å². The maximum absolute atomic E-state index is 11.0. The van der Waals surface area contributed by atoms with E-state index >= 15 is 0 Å². The lowest BCUT2D eigenvalue weighted by molar-refractivity contribution is -0.141. The zero-order valence-corrected chi connectivity index (χ0v) is 6.74. The molecule has 4 heteroatoms. The van der Waals surface area contributed by atoms with Crippen molar-refractivity contribution < 1.29 is 19.5 Å². The van der Waals surface area contributed by atoms with Crippen molar-refractivity contribution in [2.45, 2.75) is 25.9 Å². The van der Waals surface area contributed by atoms with Gasteiger partial charge in [-0.25, -0.2) is 0 Å². The minimum Gasteiger partial charge on any atom is -0.384 e. The predicted molar refractivity (Wildman–Crippen MR) is 39.4 cm³/mol. The van der Waals surface area contributed by atoms with Crippen LogP contribution < -0.4 is 0 Å². The van der Waals surface area contributed by atoms with Crippen LogP contribution in [0.15, 0.2) is 0 Å². The van der Waals surface area contributed by atoms with E-state index in [-0.39, 0.29) is 0 Å².